The van der Waals surface area contributed by atoms with Crippen molar-refractivity contribution in [2.75, 3.05) is 11.1 Å². The fourth-order valence-corrected chi connectivity index (χ4v) is 1.21. The molecule has 5 nitrogen and oxygen atoms in total. The molecule has 15 heavy (non-hydrogen) atoms. The number of nitrogen functional groups attached to an aromatic ring is 1. The molecule has 1 rings (SSSR count). The fourth-order valence-electron chi connectivity index (χ4n) is 1.21. The number of anilines is 2. The number of nitrogens with two attached hydrogens (primary N) is 1. The molecule has 0 aliphatic rings. The lowest BCUT2D eigenvalue weighted by molar-refractivity contribution is 0.361. The molecule has 0 unspecified atom stereocenters. The van der Waals surface area contributed by atoms with Crippen LogP contribution in [0.2, 0.25) is 0 Å². The highest BCUT2D eigenvalue weighted by Gasteiger charge is 2.21. The summed E-state index contributed by atoms with van der Waals surface area (Å²) in [5, 5.41) is 7.53. The smallest absolute Gasteiger partial charge is 0.244 e. The van der Waals surface area contributed by atoms with Gasteiger partial charge in [0.25, 0.3) is 0 Å². The van der Waals surface area contributed by atoms with E-state index in [1.54, 1.807) is 4.68 Å². The van der Waals surface area contributed by atoms with Crippen LogP contribution >= 0.6 is 0 Å². The third-order valence-electron chi connectivity index (χ3n) is 1.75. The second-order valence-corrected chi connectivity index (χ2v) is 5.75. The molecule has 86 valence electrons. The third-order valence-corrected chi connectivity index (χ3v) is 1.75. The van der Waals surface area contributed by atoms with Crippen molar-refractivity contribution in [3.05, 3.63) is 0 Å². The summed E-state index contributed by atoms with van der Waals surface area (Å²) in [5.41, 5.74) is 5.59. The highest BCUT2D eigenvalue weighted by Crippen LogP contribution is 2.19. The van der Waals surface area contributed by atoms with Crippen LogP contribution in [-0.2, 0) is 5.54 Å². The van der Waals surface area contributed by atoms with Crippen molar-refractivity contribution in [2.45, 2.75) is 52.6 Å². The lowest BCUT2D eigenvalue weighted by Crippen LogP contribution is -2.28. The van der Waals surface area contributed by atoms with E-state index in [1.807, 2.05) is 20.8 Å². The van der Waals surface area contributed by atoms with Crippen LogP contribution in [0.5, 0.6) is 0 Å². The molecule has 1 aromatic heterocycles. The van der Waals surface area contributed by atoms with Crippen LogP contribution in [0.3, 0.4) is 0 Å². The van der Waals surface area contributed by atoms with Crippen LogP contribution in [0, 0.1) is 0 Å². The summed E-state index contributed by atoms with van der Waals surface area (Å²) >= 11 is 0. The maximum Gasteiger partial charge on any atom is 0.244 e. The highest BCUT2D eigenvalue weighted by atomic mass is 15.4. The van der Waals surface area contributed by atoms with Gasteiger partial charge in [-0.05, 0) is 41.5 Å². The quantitative estimate of drug-likeness (QED) is 0.743. The predicted molar refractivity (Wildman–Crippen MR) is 62.8 cm³/mol. The molecule has 0 radical (unpaired) electrons. The zero-order chi connectivity index (χ0) is 11.9. The van der Waals surface area contributed by atoms with E-state index in [4.69, 9.17) is 5.73 Å². The lowest BCUT2D eigenvalue weighted by Gasteiger charge is -2.20. The number of nitrogens with one attached hydrogen (secondary N) is 1. The molecule has 3 N–H and O–H groups in total. The normalized spacial score (nSPS) is 12.9. The average molecular weight is 211 g/mol. The van der Waals surface area contributed by atoms with E-state index >= 15 is 0 Å². The van der Waals surface area contributed by atoms with Gasteiger partial charge in [0.1, 0.15) is 0 Å². The fraction of sp³-hybridized carbons (Fsp3) is 0.800. The second-order valence-electron chi connectivity index (χ2n) is 5.75. The first-order valence-corrected chi connectivity index (χ1v) is 5.11. The number of hydrogen-bond acceptors (Lipinski definition) is 4. The Bertz CT molecular complexity index is 340. The Morgan fingerprint density at radius 3 is 2.00 bits per heavy atom. The van der Waals surface area contributed by atoms with Gasteiger partial charge in [-0.15, -0.1) is 5.10 Å². The standard InChI is InChI=1S/C10H21N5/c1-9(2,3)13-8-12-7(11)15(14-8)10(4,5)6/h1-6H3,(H3,11,12,13,14). The SMILES string of the molecule is CC(C)(C)Nc1nc(N)n(C(C)(C)C)n1. The van der Waals surface area contributed by atoms with Gasteiger partial charge < -0.3 is 11.1 Å². The van der Waals surface area contributed by atoms with Gasteiger partial charge in [-0.25, -0.2) is 4.68 Å². The van der Waals surface area contributed by atoms with Crippen LogP contribution in [0.25, 0.3) is 0 Å². The molecule has 0 saturated heterocycles. The molecule has 0 aromatic carbocycles. The molecule has 0 bridgehead atoms. The molecule has 0 amide bonds. The van der Waals surface area contributed by atoms with Gasteiger partial charge in [0.05, 0.1) is 5.54 Å². The third kappa shape index (κ3) is 3.11. The maximum absolute atomic E-state index is 5.80. The van der Waals surface area contributed by atoms with E-state index in [1.165, 1.54) is 0 Å². The summed E-state index contributed by atoms with van der Waals surface area (Å²) in [6, 6.07) is 0. The van der Waals surface area contributed by atoms with Crippen molar-refractivity contribution in [1.82, 2.24) is 14.8 Å². The lowest BCUT2D eigenvalue weighted by atomic mass is 10.1. The van der Waals surface area contributed by atoms with Crippen molar-refractivity contribution < 1.29 is 0 Å². The predicted octanol–water partition coefficient (Wildman–Crippen LogP) is 1.83. The molecule has 0 aliphatic heterocycles. The van der Waals surface area contributed by atoms with Crippen LogP contribution in [-0.4, -0.2) is 20.3 Å². The first-order chi connectivity index (χ1) is 6.59. The van der Waals surface area contributed by atoms with E-state index in [9.17, 15) is 0 Å². The molecule has 1 heterocycles. The van der Waals surface area contributed by atoms with Crippen molar-refractivity contribution >= 4 is 11.9 Å². The van der Waals surface area contributed by atoms with Gasteiger partial charge in [0.15, 0.2) is 0 Å². The van der Waals surface area contributed by atoms with Crippen LogP contribution < -0.4 is 11.1 Å². The molecule has 0 saturated carbocycles. The molecule has 0 aliphatic carbocycles. The molecular formula is C10H21N5. The monoisotopic (exact) mass is 211 g/mol. The summed E-state index contributed by atoms with van der Waals surface area (Å²) in [6.07, 6.45) is 0. The number of rotatable bonds is 1. The molecule has 5 heteroatoms. The Morgan fingerprint density at radius 1 is 1.13 bits per heavy atom. The van der Waals surface area contributed by atoms with Crippen LogP contribution in [0.4, 0.5) is 11.9 Å². The van der Waals surface area contributed by atoms with E-state index in [0.29, 0.717) is 11.9 Å². The molecule has 1 aromatic rings. The topological polar surface area (TPSA) is 68.8 Å². The molecule has 0 atom stereocenters. The summed E-state index contributed by atoms with van der Waals surface area (Å²) in [7, 11) is 0. The van der Waals surface area contributed by atoms with Gasteiger partial charge >= 0.3 is 0 Å². The van der Waals surface area contributed by atoms with E-state index in [0.717, 1.165) is 0 Å². The van der Waals surface area contributed by atoms with Gasteiger partial charge in [-0.1, -0.05) is 0 Å². The minimum atomic E-state index is -0.144. The van der Waals surface area contributed by atoms with Crippen molar-refractivity contribution in [3.8, 4) is 0 Å². The molecule has 0 spiro atoms. The number of hydrogen-bond donors (Lipinski definition) is 2. The summed E-state index contributed by atoms with van der Waals surface area (Å²) in [4.78, 5) is 4.18. The average Bonchev–Trinajstić information content (AvgIpc) is 2.25. The van der Waals surface area contributed by atoms with Gasteiger partial charge in [0.2, 0.25) is 11.9 Å². The minimum absolute atomic E-state index is 0.0590. The Labute approximate surface area is 91.1 Å². The van der Waals surface area contributed by atoms with E-state index in [-0.39, 0.29) is 11.1 Å². The molecular weight excluding hydrogens is 190 g/mol. The maximum atomic E-state index is 5.80. The number of aromatic nitrogens is 3. The largest absolute Gasteiger partial charge is 0.368 e. The number of nitrogens with zero attached hydrogens (tertiary/aromatic N) is 3. The highest BCUT2D eigenvalue weighted by molar-refractivity contribution is 5.34. The van der Waals surface area contributed by atoms with E-state index < -0.39 is 0 Å². The zero-order valence-corrected chi connectivity index (χ0v) is 10.4. The summed E-state index contributed by atoms with van der Waals surface area (Å²) in [6.45, 7) is 12.3. The van der Waals surface area contributed by atoms with Crippen LogP contribution in [0.1, 0.15) is 41.5 Å². The van der Waals surface area contributed by atoms with Crippen molar-refractivity contribution in [2.24, 2.45) is 0 Å². The Morgan fingerprint density at radius 2 is 1.67 bits per heavy atom. The Hall–Kier alpha value is -1.26. The zero-order valence-electron chi connectivity index (χ0n) is 10.4. The Kier molecular flexibility index (Phi) is 2.67. The summed E-state index contributed by atoms with van der Waals surface area (Å²) in [5.74, 6) is 1.02. The van der Waals surface area contributed by atoms with Crippen molar-refractivity contribution in [1.29, 1.82) is 0 Å². The van der Waals surface area contributed by atoms with Crippen molar-refractivity contribution in [3.63, 3.8) is 0 Å². The minimum Gasteiger partial charge on any atom is -0.368 e. The van der Waals surface area contributed by atoms with Gasteiger partial charge in [-0.2, -0.15) is 4.98 Å². The van der Waals surface area contributed by atoms with E-state index in [2.05, 4.69) is 36.2 Å². The Balaban J connectivity index is 2.97. The van der Waals surface area contributed by atoms with Gasteiger partial charge in [-0.3, -0.25) is 0 Å². The molecule has 0 fully saturated rings. The second kappa shape index (κ2) is 3.40. The summed E-state index contributed by atoms with van der Waals surface area (Å²) < 4.78 is 1.72. The van der Waals surface area contributed by atoms with Gasteiger partial charge in [0, 0.05) is 5.54 Å². The first-order valence-electron chi connectivity index (χ1n) is 5.11. The first kappa shape index (κ1) is 11.8. The van der Waals surface area contributed by atoms with Crippen LogP contribution in [0.15, 0.2) is 0 Å².